The normalized spacial score (nSPS) is 13.6. The van der Waals surface area contributed by atoms with Crippen LogP contribution in [0.15, 0.2) is 24.3 Å². The van der Waals surface area contributed by atoms with Gasteiger partial charge in [0.05, 0.1) is 6.04 Å². The maximum Gasteiger partial charge on any atom is 0.408 e. The first-order valence-corrected chi connectivity index (χ1v) is 7.70. The van der Waals surface area contributed by atoms with Crippen molar-refractivity contribution in [2.24, 2.45) is 5.92 Å². The zero-order valence-electron chi connectivity index (χ0n) is 14.6. The van der Waals surface area contributed by atoms with Gasteiger partial charge >= 0.3 is 6.09 Å². The molecule has 0 aliphatic carbocycles. The Balaban J connectivity index is 4.57. The predicted molar refractivity (Wildman–Crippen MR) is 89.6 cm³/mol. The Bertz CT molecular complexity index is 407. The topological polar surface area (TPSA) is 67.4 Å². The van der Waals surface area contributed by atoms with Crippen molar-refractivity contribution in [3.8, 4) is 0 Å². The molecule has 22 heavy (non-hydrogen) atoms. The van der Waals surface area contributed by atoms with Gasteiger partial charge < -0.3 is 15.4 Å². The van der Waals surface area contributed by atoms with Crippen LogP contribution < -0.4 is 10.6 Å². The Labute approximate surface area is 134 Å². The number of hydrogen-bond acceptors (Lipinski definition) is 3. The maximum atomic E-state index is 11.8. The number of alkyl carbamates (subject to hydrolysis) is 1. The number of nitrogens with one attached hydrogen (secondary N) is 2. The summed E-state index contributed by atoms with van der Waals surface area (Å²) in [7, 11) is 0. The molecular formula is C17H30N2O3. The number of hydrogen-bond donors (Lipinski definition) is 2. The number of rotatable bonds is 7. The molecule has 1 unspecified atom stereocenters. The summed E-state index contributed by atoms with van der Waals surface area (Å²) in [4.78, 5) is 23.5. The Morgan fingerprint density at radius 2 is 1.86 bits per heavy atom. The van der Waals surface area contributed by atoms with Crippen molar-refractivity contribution in [2.75, 3.05) is 6.54 Å². The van der Waals surface area contributed by atoms with Gasteiger partial charge in [0.1, 0.15) is 5.60 Å². The molecule has 5 nitrogen and oxygen atoms in total. The van der Waals surface area contributed by atoms with E-state index in [2.05, 4.69) is 24.5 Å². The smallest absolute Gasteiger partial charge is 0.408 e. The van der Waals surface area contributed by atoms with Crippen LogP contribution in [0.25, 0.3) is 0 Å². The summed E-state index contributed by atoms with van der Waals surface area (Å²) in [6.07, 6.45) is 7.14. The molecule has 1 atom stereocenters. The van der Waals surface area contributed by atoms with Gasteiger partial charge in [0, 0.05) is 12.6 Å². The van der Waals surface area contributed by atoms with E-state index in [-0.39, 0.29) is 11.9 Å². The van der Waals surface area contributed by atoms with E-state index in [0.29, 0.717) is 12.5 Å². The molecule has 0 aliphatic rings. The van der Waals surface area contributed by atoms with E-state index in [1.54, 1.807) is 6.08 Å². The molecule has 0 saturated heterocycles. The lowest BCUT2D eigenvalue weighted by molar-refractivity contribution is -0.116. The van der Waals surface area contributed by atoms with Crippen LogP contribution in [0.3, 0.4) is 0 Å². The first-order chi connectivity index (χ1) is 10.1. The molecule has 0 rings (SSSR count). The Morgan fingerprint density at radius 1 is 1.23 bits per heavy atom. The summed E-state index contributed by atoms with van der Waals surface area (Å²) in [5.74, 6) is 0.202. The van der Waals surface area contributed by atoms with Gasteiger partial charge in [0.2, 0.25) is 5.91 Å². The van der Waals surface area contributed by atoms with Gasteiger partial charge in [-0.2, -0.15) is 0 Å². The lowest BCUT2D eigenvalue weighted by Crippen LogP contribution is -2.39. The molecule has 0 fully saturated rings. The van der Waals surface area contributed by atoms with E-state index in [4.69, 9.17) is 4.74 Å². The van der Waals surface area contributed by atoms with Crippen LogP contribution >= 0.6 is 0 Å². The summed E-state index contributed by atoms with van der Waals surface area (Å²) < 4.78 is 5.24. The standard InChI is InChI=1S/C17H30N2O3/c1-7-8-11-18-15(20)10-9-14(12-13(2)3)19-16(21)22-17(4,5)6/h7-10,13-14H,11-12H2,1-6H3,(H,18,20)(H,19,21). The molecule has 0 aromatic carbocycles. The Morgan fingerprint density at radius 3 is 2.36 bits per heavy atom. The third kappa shape index (κ3) is 12.0. The van der Waals surface area contributed by atoms with E-state index < -0.39 is 11.7 Å². The van der Waals surface area contributed by atoms with Crippen molar-refractivity contribution >= 4 is 12.0 Å². The summed E-state index contributed by atoms with van der Waals surface area (Å²) in [5.41, 5.74) is -0.542. The first kappa shape index (κ1) is 20.2. The number of carbonyl (C=O) groups excluding carboxylic acids is 2. The molecule has 0 heterocycles. The van der Waals surface area contributed by atoms with Crippen molar-refractivity contribution in [1.29, 1.82) is 0 Å². The lowest BCUT2D eigenvalue weighted by Gasteiger charge is -2.23. The maximum absolute atomic E-state index is 11.8. The van der Waals surface area contributed by atoms with Gasteiger partial charge in [-0.25, -0.2) is 4.79 Å². The summed E-state index contributed by atoms with van der Waals surface area (Å²) in [6, 6.07) is -0.234. The highest BCUT2D eigenvalue weighted by Crippen LogP contribution is 2.10. The lowest BCUT2D eigenvalue weighted by atomic mass is 10.0. The average molecular weight is 310 g/mol. The molecule has 2 N–H and O–H groups in total. The fourth-order valence-electron chi connectivity index (χ4n) is 1.69. The van der Waals surface area contributed by atoms with Gasteiger partial charge in [-0.15, -0.1) is 0 Å². The highest BCUT2D eigenvalue weighted by molar-refractivity contribution is 5.87. The Kier molecular flexibility index (Phi) is 9.22. The van der Waals surface area contributed by atoms with Crippen molar-refractivity contribution in [3.05, 3.63) is 24.3 Å². The van der Waals surface area contributed by atoms with E-state index in [9.17, 15) is 9.59 Å². The Hall–Kier alpha value is -1.78. The van der Waals surface area contributed by atoms with Crippen molar-refractivity contribution in [2.45, 2.75) is 59.6 Å². The molecule has 126 valence electrons. The van der Waals surface area contributed by atoms with Gasteiger partial charge in [-0.3, -0.25) is 4.79 Å². The quantitative estimate of drug-likeness (QED) is 0.560. The second-order valence-electron chi connectivity index (χ2n) is 6.56. The van der Waals surface area contributed by atoms with Crippen LogP contribution in [0.1, 0.15) is 48.0 Å². The molecule has 0 radical (unpaired) electrons. The van der Waals surface area contributed by atoms with Gasteiger partial charge in [-0.05, 0) is 40.0 Å². The highest BCUT2D eigenvalue weighted by atomic mass is 16.6. The number of ether oxygens (including phenoxy) is 1. The second-order valence-corrected chi connectivity index (χ2v) is 6.56. The van der Waals surface area contributed by atoms with Crippen LogP contribution in [-0.4, -0.2) is 30.2 Å². The van der Waals surface area contributed by atoms with Crippen LogP contribution in [0.2, 0.25) is 0 Å². The number of amides is 2. The zero-order valence-corrected chi connectivity index (χ0v) is 14.6. The second kappa shape index (κ2) is 10.0. The van der Waals surface area contributed by atoms with E-state index >= 15 is 0 Å². The fourth-order valence-corrected chi connectivity index (χ4v) is 1.69. The fraction of sp³-hybridized carbons (Fsp3) is 0.647. The van der Waals surface area contributed by atoms with Crippen LogP contribution in [0.4, 0.5) is 4.79 Å². The molecule has 0 aromatic rings. The summed E-state index contributed by atoms with van der Waals surface area (Å²) >= 11 is 0. The molecule has 0 aromatic heterocycles. The van der Waals surface area contributed by atoms with Crippen LogP contribution in [0.5, 0.6) is 0 Å². The van der Waals surface area contributed by atoms with Gasteiger partial charge in [0.25, 0.3) is 0 Å². The SMILES string of the molecule is CC=CCNC(=O)C=CC(CC(C)C)NC(=O)OC(C)(C)C. The third-order valence-corrected chi connectivity index (χ3v) is 2.54. The molecule has 0 aliphatic heterocycles. The molecule has 5 heteroatoms. The van der Waals surface area contributed by atoms with Crippen molar-refractivity contribution in [1.82, 2.24) is 10.6 Å². The molecular weight excluding hydrogens is 280 g/mol. The largest absolute Gasteiger partial charge is 0.444 e. The number of carbonyl (C=O) groups is 2. The molecule has 0 bridgehead atoms. The average Bonchev–Trinajstić information content (AvgIpc) is 2.33. The highest BCUT2D eigenvalue weighted by Gasteiger charge is 2.19. The van der Waals surface area contributed by atoms with E-state index in [0.717, 1.165) is 6.42 Å². The van der Waals surface area contributed by atoms with E-state index in [1.165, 1.54) is 6.08 Å². The minimum atomic E-state index is -0.542. The minimum Gasteiger partial charge on any atom is -0.444 e. The van der Waals surface area contributed by atoms with Gasteiger partial charge in [-0.1, -0.05) is 32.1 Å². The molecule has 0 spiro atoms. The van der Waals surface area contributed by atoms with Gasteiger partial charge in [0.15, 0.2) is 0 Å². The van der Waals surface area contributed by atoms with Crippen molar-refractivity contribution in [3.63, 3.8) is 0 Å². The zero-order chi connectivity index (χ0) is 17.2. The number of allylic oxidation sites excluding steroid dienone is 1. The summed E-state index contributed by atoms with van der Waals surface area (Å²) in [6.45, 7) is 11.9. The predicted octanol–water partition coefficient (Wildman–Crippen LogP) is 3.17. The monoisotopic (exact) mass is 310 g/mol. The van der Waals surface area contributed by atoms with E-state index in [1.807, 2.05) is 39.8 Å². The first-order valence-electron chi connectivity index (χ1n) is 7.70. The van der Waals surface area contributed by atoms with Crippen LogP contribution in [-0.2, 0) is 9.53 Å². The van der Waals surface area contributed by atoms with Crippen molar-refractivity contribution < 1.29 is 14.3 Å². The third-order valence-electron chi connectivity index (χ3n) is 2.54. The molecule has 0 saturated carbocycles. The summed E-state index contributed by atoms with van der Waals surface area (Å²) in [5, 5.41) is 5.51. The molecule has 2 amide bonds. The minimum absolute atomic E-state index is 0.183. The van der Waals surface area contributed by atoms with Crippen LogP contribution in [0, 0.1) is 5.92 Å².